The van der Waals surface area contributed by atoms with Crippen LogP contribution >= 0.6 is 0 Å². The number of aryl methyl sites for hydroxylation is 1. The molecule has 0 aliphatic rings. The van der Waals surface area contributed by atoms with Crippen molar-refractivity contribution in [1.29, 1.82) is 0 Å². The smallest absolute Gasteiger partial charge is 0.316 e. The summed E-state index contributed by atoms with van der Waals surface area (Å²) in [6, 6.07) is 10.6. The summed E-state index contributed by atoms with van der Waals surface area (Å²) in [7, 11) is -4.18. The fourth-order valence-corrected chi connectivity index (χ4v) is 4.01. The molecule has 0 saturated heterocycles. The van der Waals surface area contributed by atoms with Gasteiger partial charge in [-0.2, -0.15) is 13.2 Å². The van der Waals surface area contributed by atoms with E-state index in [-0.39, 0.29) is 27.2 Å². The first kappa shape index (κ1) is 22.3. The fourth-order valence-electron chi connectivity index (χ4n) is 3.05. The molecule has 0 fully saturated rings. The van der Waals surface area contributed by atoms with Crippen molar-refractivity contribution < 1.29 is 31.2 Å². The minimum Gasteiger partial charge on any atom is -0.316 e. The van der Waals surface area contributed by atoms with E-state index in [0.29, 0.717) is 6.08 Å². The van der Waals surface area contributed by atoms with Crippen LogP contribution in [0.3, 0.4) is 0 Å². The van der Waals surface area contributed by atoms with E-state index in [9.17, 15) is 31.2 Å². The maximum absolute atomic E-state index is 12.9. The molecule has 1 N–H and O–H groups in total. The van der Waals surface area contributed by atoms with Gasteiger partial charge < -0.3 is 4.40 Å². The number of carbonyl (C=O) groups excluding carboxylic acids is 2. The van der Waals surface area contributed by atoms with E-state index in [1.807, 2.05) is 4.72 Å². The zero-order chi connectivity index (χ0) is 23.0. The van der Waals surface area contributed by atoms with Gasteiger partial charge in [0.15, 0.2) is 0 Å². The van der Waals surface area contributed by atoms with Crippen LogP contribution in [0.5, 0.6) is 0 Å². The van der Waals surface area contributed by atoms with E-state index < -0.39 is 27.9 Å². The molecule has 3 aromatic rings. The summed E-state index contributed by atoms with van der Waals surface area (Å²) in [6.07, 6.45) is -2.22. The van der Waals surface area contributed by atoms with Gasteiger partial charge in [-0.25, -0.2) is 13.1 Å². The quantitative estimate of drug-likeness (QED) is 0.599. The number of hydrogen-bond acceptors (Lipinski definition) is 4. The number of allylic oxidation sites excluding steroid dienone is 1. The van der Waals surface area contributed by atoms with Crippen LogP contribution < -0.4 is 4.72 Å². The molecule has 10 heteroatoms. The van der Waals surface area contributed by atoms with Crippen molar-refractivity contribution in [2.45, 2.75) is 24.9 Å². The third-order valence-corrected chi connectivity index (χ3v) is 5.94. The highest BCUT2D eigenvalue weighted by Gasteiger charge is 2.36. The molecule has 1 aromatic carbocycles. The average molecular weight is 450 g/mol. The Morgan fingerprint density at radius 3 is 2.29 bits per heavy atom. The third-order valence-electron chi connectivity index (χ3n) is 4.59. The molecule has 0 atom stereocenters. The zero-order valence-electron chi connectivity index (χ0n) is 16.4. The minimum atomic E-state index is -5.03. The van der Waals surface area contributed by atoms with Gasteiger partial charge in [-0.15, -0.1) is 0 Å². The Bertz CT molecular complexity index is 1300. The number of nitrogens with zero attached hydrogens (tertiary/aromatic N) is 1. The van der Waals surface area contributed by atoms with Crippen LogP contribution in [0.1, 0.15) is 27.2 Å². The lowest BCUT2D eigenvalue weighted by Crippen LogP contribution is -2.30. The minimum absolute atomic E-state index is 0.0320. The summed E-state index contributed by atoms with van der Waals surface area (Å²) in [6.45, 7) is 3.24. The lowest BCUT2D eigenvalue weighted by Gasteiger charge is -2.07. The molecule has 0 radical (unpaired) electrons. The van der Waals surface area contributed by atoms with Crippen LogP contribution in [0.15, 0.2) is 59.6 Å². The summed E-state index contributed by atoms with van der Waals surface area (Å²) in [5.74, 6) is -2.99. The lowest BCUT2D eigenvalue weighted by atomic mass is 10.1. The molecule has 6 nitrogen and oxygen atoms in total. The number of ketones is 1. The molecule has 0 saturated carbocycles. The normalized spacial score (nSPS) is 12.4. The maximum atomic E-state index is 12.9. The van der Waals surface area contributed by atoms with Crippen LogP contribution in [-0.4, -0.2) is 30.7 Å². The first-order valence-electron chi connectivity index (χ1n) is 8.94. The van der Waals surface area contributed by atoms with E-state index in [1.165, 1.54) is 35.7 Å². The average Bonchev–Trinajstić information content (AvgIpc) is 2.96. The first-order chi connectivity index (χ1) is 14.4. The monoisotopic (exact) mass is 450 g/mol. The number of carbonyl (C=O) groups is 2. The molecule has 0 spiro atoms. The molecule has 0 unspecified atom stereocenters. The Labute approximate surface area is 176 Å². The summed E-state index contributed by atoms with van der Waals surface area (Å²) in [4.78, 5) is 24.0. The van der Waals surface area contributed by atoms with Gasteiger partial charge >= 0.3 is 6.18 Å². The Hall–Kier alpha value is -3.40. The summed E-state index contributed by atoms with van der Waals surface area (Å²) >= 11 is 0. The van der Waals surface area contributed by atoms with Crippen LogP contribution in [0.2, 0.25) is 0 Å². The summed E-state index contributed by atoms with van der Waals surface area (Å²) in [5.41, 5.74) is 1.44. The molecule has 2 heterocycles. The fraction of sp³-hybridized carbons (Fsp3) is 0.143. The molecule has 0 aliphatic heterocycles. The second kappa shape index (κ2) is 8.03. The third kappa shape index (κ3) is 4.53. The molecule has 0 bridgehead atoms. The Morgan fingerprint density at radius 2 is 1.68 bits per heavy atom. The van der Waals surface area contributed by atoms with Crippen molar-refractivity contribution in [3.8, 4) is 0 Å². The van der Waals surface area contributed by atoms with Gasteiger partial charge in [-0.05, 0) is 55.8 Å². The Balaban J connectivity index is 2.04. The number of alkyl halides is 3. The largest absolute Gasteiger partial charge is 0.454 e. The van der Waals surface area contributed by atoms with Gasteiger partial charge in [0.05, 0.1) is 16.0 Å². The highest BCUT2D eigenvalue weighted by Crippen LogP contribution is 2.26. The Kier molecular flexibility index (Phi) is 5.77. The van der Waals surface area contributed by atoms with Crippen molar-refractivity contribution in [3.63, 3.8) is 0 Å². The number of aromatic nitrogens is 1. The lowest BCUT2D eigenvalue weighted by molar-refractivity contribution is -0.165. The predicted octanol–water partition coefficient (Wildman–Crippen LogP) is 3.82. The van der Waals surface area contributed by atoms with Gasteiger partial charge in [0.1, 0.15) is 0 Å². The van der Waals surface area contributed by atoms with E-state index in [0.717, 1.165) is 11.6 Å². The number of benzene rings is 1. The molecular weight excluding hydrogens is 433 g/mol. The van der Waals surface area contributed by atoms with Gasteiger partial charge in [-0.1, -0.05) is 23.8 Å². The van der Waals surface area contributed by atoms with Crippen molar-refractivity contribution in [1.82, 2.24) is 9.12 Å². The van der Waals surface area contributed by atoms with Gasteiger partial charge in [0.25, 0.3) is 21.7 Å². The van der Waals surface area contributed by atoms with Crippen molar-refractivity contribution >= 4 is 33.3 Å². The Morgan fingerprint density at radius 1 is 1.03 bits per heavy atom. The topological polar surface area (TPSA) is 84.7 Å². The second-order valence-corrected chi connectivity index (χ2v) is 8.47. The number of fused-ring (bicyclic) bond motifs is 1. The SMILES string of the molecule is Cc1ccc(S(=O)(=O)NC(=O)c2c(C)c(C=CC(=O)C(F)(F)F)n3ccccc23)cc1. The molecular formula is C21H17F3N2O4S. The number of rotatable bonds is 5. The van der Waals surface area contributed by atoms with Crippen molar-refractivity contribution in [2.24, 2.45) is 0 Å². The predicted molar refractivity (Wildman–Crippen MR) is 108 cm³/mol. The van der Waals surface area contributed by atoms with E-state index >= 15 is 0 Å². The number of sulfonamides is 1. The molecule has 31 heavy (non-hydrogen) atoms. The van der Waals surface area contributed by atoms with Crippen LogP contribution in [-0.2, 0) is 14.8 Å². The highest BCUT2D eigenvalue weighted by molar-refractivity contribution is 7.90. The molecule has 162 valence electrons. The number of nitrogens with one attached hydrogen (secondary N) is 1. The van der Waals surface area contributed by atoms with Gasteiger partial charge in [-0.3, -0.25) is 9.59 Å². The molecule has 2 aromatic heterocycles. The number of hydrogen-bond donors (Lipinski definition) is 1. The first-order valence-corrected chi connectivity index (χ1v) is 10.4. The van der Waals surface area contributed by atoms with Crippen LogP contribution in [0, 0.1) is 13.8 Å². The number of halogens is 3. The summed E-state index contributed by atoms with van der Waals surface area (Å²) in [5, 5.41) is 0. The van der Waals surface area contributed by atoms with Crippen LogP contribution in [0.25, 0.3) is 11.6 Å². The standard InChI is InChI=1S/C21H17F3N2O4S/c1-13-6-8-15(9-7-13)31(29,30)25-20(28)19-14(2)16(10-11-18(27)21(22,23)24)26-12-4-3-5-17(19)26/h3-12H,1-2H3,(H,25,28). The van der Waals surface area contributed by atoms with Crippen molar-refractivity contribution in [3.05, 3.63) is 77.1 Å². The highest BCUT2D eigenvalue weighted by atomic mass is 32.2. The number of amides is 1. The number of pyridine rings is 1. The van der Waals surface area contributed by atoms with Crippen LogP contribution in [0.4, 0.5) is 13.2 Å². The van der Waals surface area contributed by atoms with E-state index in [2.05, 4.69) is 0 Å². The summed E-state index contributed by atoms with van der Waals surface area (Å²) < 4.78 is 66.2. The molecule has 0 aliphatic carbocycles. The zero-order valence-corrected chi connectivity index (χ0v) is 17.2. The van der Waals surface area contributed by atoms with Gasteiger partial charge in [0.2, 0.25) is 0 Å². The van der Waals surface area contributed by atoms with Crippen molar-refractivity contribution in [2.75, 3.05) is 0 Å². The molecule has 3 rings (SSSR count). The van der Waals surface area contributed by atoms with Gasteiger partial charge in [0, 0.05) is 11.9 Å². The maximum Gasteiger partial charge on any atom is 0.454 e. The van der Waals surface area contributed by atoms with E-state index in [4.69, 9.17) is 0 Å². The second-order valence-electron chi connectivity index (χ2n) is 6.78. The van der Waals surface area contributed by atoms with E-state index in [1.54, 1.807) is 31.2 Å². The molecule has 1 amide bonds.